The lowest BCUT2D eigenvalue weighted by atomic mass is 10.2. The van der Waals surface area contributed by atoms with E-state index in [0.29, 0.717) is 42.9 Å². The number of carbonyl (C=O) groups excluding carboxylic acids is 1. The van der Waals surface area contributed by atoms with Crippen LogP contribution >= 0.6 is 11.6 Å². The Morgan fingerprint density at radius 3 is 2.64 bits per heavy atom. The van der Waals surface area contributed by atoms with Gasteiger partial charge in [-0.15, -0.1) is 0 Å². The quantitative estimate of drug-likeness (QED) is 0.722. The fourth-order valence-electron chi connectivity index (χ4n) is 3.16. The number of nitrogens with one attached hydrogen (secondary N) is 1. The van der Waals surface area contributed by atoms with Crippen LogP contribution in [0.5, 0.6) is 0 Å². The molecule has 0 bridgehead atoms. The van der Waals surface area contributed by atoms with Crippen molar-refractivity contribution in [1.29, 1.82) is 0 Å². The third-order valence-electron chi connectivity index (χ3n) is 4.54. The molecule has 144 valence electrons. The summed E-state index contributed by atoms with van der Waals surface area (Å²) < 4.78 is 5.21. The first-order valence-electron chi connectivity index (χ1n) is 9.04. The highest BCUT2D eigenvalue weighted by molar-refractivity contribution is 6.30. The SMILES string of the molecule is Cc1cc(N2CCN(C(=O)c3ccco3)CC2)nc(Nc2cccc(Cl)c2)n1. The minimum atomic E-state index is -0.0770. The van der Waals surface area contributed by atoms with Crippen molar-refractivity contribution in [1.82, 2.24) is 14.9 Å². The molecule has 0 saturated carbocycles. The zero-order chi connectivity index (χ0) is 19.5. The number of carbonyl (C=O) groups is 1. The third-order valence-corrected chi connectivity index (χ3v) is 4.78. The molecular formula is C20H20ClN5O2. The van der Waals surface area contributed by atoms with Crippen LogP contribution in [0, 0.1) is 6.92 Å². The Bertz CT molecular complexity index is 968. The number of amides is 1. The largest absolute Gasteiger partial charge is 0.459 e. The molecule has 28 heavy (non-hydrogen) atoms. The molecule has 1 aliphatic heterocycles. The molecule has 0 unspecified atom stereocenters. The van der Waals surface area contributed by atoms with Crippen LogP contribution in [0.3, 0.4) is 0 Å². The second kappa shape index (κ2) is 7.90. The van der Waals surface area contributed by atoms with E-state index >= 15 is 0 Å². The smallest absolute Gasteiger partial charge is 0.289 e. The number of nitrogens with zero attached hydrogens (tertiary/aromatic N) is 4. The number of hydrogen-bond acceptors (Lipinski definition) is 6. The van der Waals surface area contributed by atoms with Crippen LogP contribution in [0.15, 0.2) is 53.1 Å². The zero-order valence-electron chi connectivity index (χ0n) is 15.4. The Labute approximate surface area is 167 Å². The maximum absolute atomic E-state index is 12.4. The molecule has 1 amide bonds. The number of aromatic nitrogens is 2. The van der Waals surface area contributed by atoms with Gasteiger partial charge in [-0.25, -0.2) is 4.98 Å². The van der Waals surface area contributed by atoms with Crippen LogP contribution in [0.25, 0.3) is 0 Å². The van der Waals surface area contributed by atoms with E-state index in [1.54, 1.807) is 17.0 Å². The van der Waals surface area contributed by atoms with Gasteiger partial charge >= 0.3 is 0 Å². The summed E-state index contributed by atoms with van der Waals surface area (Å²) >= 11 is 6.04. The molecule has 1 saturated heterocycles. The van der Waals surface area contributed by atoms with Crippen molar-refractivity contribution in [3.05, 3.63) is 65.2 Å². The van der Waals surface area contributed by atoms with Crippen molar-refractivity contribution in [2.24, 2.45) is 0 Å². The maximum Gasteiger partial charge on any atom is 0.289 e. The van der Waals surface area contributed by atoms with Gasteiger partial charge in [0.25, 0.3) is 5.91 Å². The Hall–Kier alpha value is -3.06. The average molecular weight is 398 g/mol. The summed E-state index contributed by atoms with van der Waals surface area (Å²) in [7, 11) is 0. The highest BCUT2D eigenvalue weighted by Crippen LogP contribution is 2.22. The Morgan fingerprint density at radius 2 is 1.93 bits per heavy atom. The first-order chi connectivity index (χ1) is 13.6. The standard InChI is InChI=1S/C20H20ClN5O2/c1-14-12-18(24-20(22-14)23-16-5-2-4-15(21)13-16)25-7-9-26(10-8-25)19(27)17-6-3-11-28-17/h2-6,11-13H,7-10H2,1H3,(H,22,23,24). The van der Waals surface area contributed by atoms with Crippen molar-refractivity contribution >= 4 is 35.0 Å². The summed E-state index contributed by atoms with van der Waals surface area (Å²) in [5.74, 6) is 1.65. The zero-order valence-corrected chi connectivity index (χ0v) is 16.2. The van der Waals surface area contributed by atoms with E-state index in [-0.39, 0.29) is 5.91 Å². The summed E-state index contributed by atoms with van der Waals surface area (Å²) in [6.07, 6.45) is 1.52. The average Bonchev–Trinajstić information content (AvgIpc) is 3.22. The van der Waals surface area contributed by atoms with Crippen molar-refractivity contribution in [2.45, 2.75) is 6.92 Å². The Balaban J connectivity index is 1.45. The van der Waals surface area contributed by atoms with Crippen molar-refractivity contribution in [2.75, 3.05) is 36.4 Å². The molecule has 0 aliphatic carbocycles. The third kappa shape index (κ3) is 4.09. The maximum atomic E-state index is 12.4. The van der Waals surface area contributed by atoms with E-state index in [4.69, 9.17) is 16.0 Å². The summed E-state index contributed by atoms with van der Waals surface area (Å²) in [5.41, 5.74) is 1.70. The molecule has 1 N–H and O–H groups in total. The van der Waals surface area contributed by atoms with E-state index in [0.717, 1.165) is 17.2 Å². The number of aryl methyl sites for hydroxylation is 1. The Kier molecular flexibility index (Phi) is 5.16. The molecule has 1 aromatic carbocycles. The van der Waals surface area contributed by atoms with Gasteiger partial charge in [0.2, 0.25) is 5.95 Å². The minimum absolute atomic E-state index is 0.0770. The molecular weight excluding hydrogens is 378 g/mol. The number of hydrogen-bond donors (Lipinski definition) is 1. The monoisotopic (exact) mass is 397 g/mol. The number of benzene rings is 1. The first-order valence-corrected chi connectivity index (χ1v) is 9.42. The van der Waals surface area contributed by atoms with E-state index in [9.17, 15) is 4.79 Å². The highest BCUT2D eigenvalue weighted by Gasteiger charge is 2.24. The lowest BCUT2D eigenvalue weighted by Crippen LogP contribution is -2.49. The van der Waals surface area contributed by atoms with Gasteiger partial charge in [0.15, 0.2) is 5.76 Å². The fourth-order valence-corrected chi connectivity index (χ4v) is 3.35. The van der Waals surface area contributed by atoms with E-state index in [1.807, 2.05) is 37.3 Å². The fraction of sp³-hybridized carbons (Fsp3) is 0.250. The second-order valence-electron chi connectivity index (χ2n) is 6.58. The van der Waals surface area contributed by atoms with Gasteiger partial charge < -0.3 is 19.5 Å². The normalized spacial score (nSPS) is 14.2. The van der Waals surface area contributed by atoms with Crippen LogP contribution < -0.4 is 10.2 Å². The topological polar surface area (TPSA) is 74.5 Å². The second-order valence-corrected chi connectivity index (χ2v) is 7.02. The van der Waals surface area contributed by atoms with Gasteiger partial charge in [0.05, 0.1) is 6.26 Å². The van der Waals surface area contributed by atoms with E-state index in [2.05, 4.69) is 20.2 Å². The number of anilines is 3. The molecule has 2 aromatic heterocycles. The number of piperazine rings is 1. The summed E-state index contributed by atoms with van der Waals surface area (Å²) in [4.78, 5) is 25.5. The van der Waals surface area contributed by atoms with Gasteiger partial charge in [-0.05, 0) is 37.3 Å². The van der Waals surface area contributed by atoms with Crippen LogP contribution in [-0.4, -0.2) is 47.0 Å². The van der Waals surface area contributed by atoms with Crippen molar-refractivity contribution < 1.29 is 9.21 Å². The predicted molar refractivity (Wildman–Crippen MR) is 108 cm³/mol. The molecule has 0 spiro atoms. The Morgan fingerprint density at radius 1 is 1.11 bits per heavy atom. The summed E-state index contributed by atoms with van der Waals surface area (Å²) in [6, 6.07) is 12.8. The van der Waals surface area contributed by atoms with Gasteiger partial charge in [0.1, 0.15) is 5.82 Å². The van der Waals surface area contributed by atoms with Crippen LogP contribution in [0.2, 0.25) is 5.02 Å². The molecule has 0 radical (unpaired) electrons. The molecule has 0 atom stereocenters. The number of halogens is 1. The lowest BCUT2D eigenvalue weighted by Gasteiger charge is -2.35. The van der Waals surface area contributed by atoms with E-state index < -0.39 is 0 Å². The van der Waals surface area contributed by atoms with Crippen molar-refractivity contribution in [3.8, 4) is 0 Å². The molecule has 3 aromatic rings. The van der Waals surface area contributed by atoms with Gasteiger partial charge in [0, 0.05) is 48.6 Å². The van der Waals surface area contributed by atoms with Gasteiger partial charge in [-0.3, -0.25) is 4.79 Å². The molecule has 4 rings (SSSR count). The van der Waals surface area contributed by atoms with Crippen LogP contribution in [-0.2, 0) is 0 Å². The van der Waals surface area contributed by atoms with Gasteiger partial charge in [-0.1, -0.05) is 17.7 Å². The number of rotatable bonds is 4. The predicted octanol–water partition coefficient (Wildman–Crippen LogP) is 3.74. The molecule has 3 heterocycles. The van der Waals surface area contributed by atoms with E-state index in [1.165, 1.54) is 6.26 Å². The number of furan rings is 1. The summed E-state index contributed by atoms with van der Waals surface area (Å²) in [5, 5.41) is 3.85. The molecule has 1 aliphatic rings. The van der Waals surface area contributed by atoms with Crippen LogP contribution in [0.4, 0.5) is 17.5 Å². The first kappa shape index (κ1) is 18.3. The summed E-state index contributed by atoms with van der Waals surface area (Å²) in [6.45, 7) is 4.54. The van der Waals surface area contributed by atoms with Crippen LogP contribution in [0.1, 0.15) is 16.2 Å². The van der Waals surface area contributed by atoms with Crippen molar-refractivity contribution in [3.63, 3.8) is 0 Å². The minimum Gasteiger partial charge on any atom is -0.459 e. The van der Waals surface area contributed by atoms with Gasteiger partial charge in [-0.2, -0.15) is 4.98 Å². The molecule has 8 heteroatoms. The molecule has 7 nitrogen and oxygen atoms in total. The highest BCUT2D eigenvalue weighted by atomic mass is 35.5. The molecule has 1 fully saturated rings. The lowest BCUT2D eigenvalue weighted by molar-refractivity contribution is 0.0714.